The van der Waals surface area contributed by atoms with E-state index in [2.05, 4.69) is 32.6 Å². The van der Waals surface area contributed by atoms with Crippen molar-refractivity contribution in [3.05, 3.63) is 0 Å². The van der Waals surface area contributed by atoms with Crippen LogP contribution in [-0.4, -0.2) is 30.4 Å². The van der Waals surface area contributed by atoms with E-state index in [4.69, 9.17) is 5.73 Å². The van der Waals surface area contributed by atoms with Crippen LogP contribution in [0.3, 0.4) is 0 Å². The summed E-state index contributed by atoms with van der Waals surface area (Å²) in [5.74, 6) is -0.103. The molecule has 0 fully saturated rings. The maximum absolute atomic E-state index is 10.6. The van der Waals surface area contributed by atoms with Crippen LogP contribution in [0, 0.1) is 5.92 Å². The molecule has 0 aliphatic carbocycles. The van der Waals surface area contributed by atoms with Gasteiger partial charge in [-0.1, -0.05) is 157 Å². The molecule has 0 bridgehead atoms. The van der Waals surface area contributed by atoms with Gasteiger partial charge in [0, 0.05) is 5.92 Å². The molecule has 1 atom stereocenters. The van der Waals surface area contributed by atoms with Crippen molar-refractivity contribution in [3.63, 3.8) is 0 Å². The molecule has 1 unspecified atom stereocenters. The number of hydrogen-bond acceptors (Lipinski definition) is 2. The maximum Gasteiger partial charge on any atom is 0.220 e. The van der Waals surface area contributed by atoms with Gasteiger partial charge in [0.15, 0.2) is 0 Å². The third kappa shape index (κ3) is 31.5. The van der Waals surface area contributed by atoms with Crippen LogP contribution in [0.2, 0.25) is 0 Å². The first-order valence-corrected chi connectivity index (χ1v) is 16.5. The molecule has 0 saturated heterocycles. The van der Waals surface area contributed by atoms with E-state index in [0.29, 0.717) is 0 Å². The summed E-state index contributed by atoms with van der Waals surface area (Å²) in [6, 6.07) is 0. The molecule has 1 amide bonds. The second kappa shape index (κ2) is 32.5. The molecule has 0 aromatic carbocycles. The smallest absolute Gasteiger partial charge is 0.220 e. The van der Waals surface area contributed by atoms with Crippen LogP contribution in [0.15, 0.2) is 0 Å². The molecule has 36 heavy (non-hydrogen) atoms. The van der Waals surface area contributed by atoms with Crippen LogP contribution in [0.4, 0.5) is 0 Å². The van der Waals surface area contributed by atoms with Crippen molar-refractivity contribution in [1.82, 2.24) is 4.90 Å². The van der Waals surface area contributed by atoms with Gasteiger partial charge in [-0.3, -0.25) is 4.79 Å². The Kier molecular flexibility index (Phi) is 33.9. The van der Waals surface area contributed by atoms with Crippen LogP contribution in [-0.2, 0) is 4.79 Å². The zero-order valence-electron chi connectivity index (χ0n) is 25.9. The van der Waals surface area contributed by atoms with E-state index in [-0.39, 0.29) is 11.8 Å². The average molecular weight is 511 g/mol. The molecule has 0 heterocycles. The van der Waals surface area contributed by atoms with Gasteiger partial charge in [-0.15, -0.1) is 0 Å². The Morgan fingerprint density at radius 2 is 0.778 bits per heavy atom. The lowest BCUT2D eigenvalue weighted by molar-refractivity contribution is -0.121. The molecule has 0 aromatic heterocycles. The standard InChI is InChI=1S/C24H51N.C9H19NO/c1-4-7-10-13-16-19-22-25(23-20-17-14-11-8-5-2)24-21-18-15-12-9-6-3;1-3-4-5-6-7-8(2)9(10)11/h4-24H2,1-3H3;8H,3-7H2,1-2H3,(H2,10,11). The lowest BCUT2D eigenvalue weighted by atomic mass is 10.0. The second-order valence-corrected chi connectivity index (χ2v) is 11.3. The molecule has 0 spiro atoms. The number of nitrogens with zero attached hydrogens (tertiary/aromatic N) is 1. The van der Waals surface area contributed by atoms with E-state index in [0.717, 1.165) is 12.8 Å². The van der Waals surface area contributed by atoms with Crippen LogP contribution in [0.5, 0.6) is 0 Å². The highest BCUT2D eigenvalue weighted by Crippen LogP contribution is 2.12. The van der Waals surface area contributed by atoms with Gasteiger partial charge in [0.25, 0.3) is 0 Å². The zero-order valence-corrected chi connectivity index (χ0v) is 25.9. The van der Waals surface area contributed by atoms with Crippen molar-refractivity contribution in [2.24, 2.45) is 11.7 Å². The quantitative estimate of drug-likeness (QED) is 0.112. The topological polar surface area (TPSA) is 46.3 Å². The Hall–Kier alpha value is -0.570. The van der Waals surface area contributed by atoms with Gasteiger partial charge in [0.2, 0.25) is 5.91 Å². The SMILES string of the molecule is CCCCCCC(C)C(N)=O.CCCCCCCCN(CCCCCCCC)CCCCCCCC. The minimum atomic E-state index is -0.165. The van der Waals surface area contributed by atoms with Gasteiger partial charge in [0.05, 0.1) is 0 Å². The molecule has 2 N–H and O–H groups in total. The molecular weight excluding hydrogens is 440 g/mol. The highest BCUT2D eigenvalue weighted by Gasteiger charge is 2.07. The van der Waals surface area contributed by atoms with Gasteiger partial charge in [-0.2, -0.15) is 0 Å². The van der Waals surface area contributed by atoms with Crippen LogP contribution >= 0.6 is 0 Å². The average Bonchev–Trinajstić information content (AvgIpc) is 2.87. The second-order valence-electron chi connectivity index (χ2n) is 11.3. The number of hydrogen-bond donors (Lipinski definition) is 1. The van der Waals surface area contributed by atoms with Crippen LogP contribution in [0.25, 0.3) is 0 Å². The number of rotatable bonds is 27. The summed E-state index contributed by atoms with van der Waals surface area (Å²) in [6.07, 6.45) is 31.5. The fraction of sp³-hybridized carbons (Fsp3) is 0.970. The van der Waals surface area contributed by atoms with Crippen LogP contribution < -0.4 is 5.73 Å². The third-order valence-corrected chi connectivity index (χ3v) is 7.46. The molecule has 218 valence electrons. The summed E-state index contributed by atoms with van der Waals surface area (Å²) >= 11 is 0. The lowest BCUT2D eigenvalue weighted by Gasteiger charge is -2.22. The van der Waals surface area contributed by atoms with E-state index in [1.54, 1.807) is 0 Å². The van der Waals surface area contributed by atoms with Crippen molar-refractivity contribution in [1.29, 1.82) is 0 Å². The Labute approximate surface area is 229 Å². The molecular formula is C33H70N2O. The Bertz CT molecular complexity index is 374. The zero-order chi connectivity index (χ0) is 27.1. The normalized spacial score (nSPS) is 11.9. The van der Waals surface area contributed by atoms with Crippen LogP contribution in [0.1, 0.15) is 182 Å². The molecule has 0 rings (SSSR count). The van der Waals surface area contributed by atoms with E-state index in [9.17, 15) is 4.79 Å². The van der Waals surface area contributed by atoms with Crippen molar-refractivity contribution in [2.45, 2.75) is 182 Å². The van der Waals surface area contributed by atoms with Gasteiger partial charge < -0.3 is 10.6 Å². The lowest BCUT2D eigenvalue weighted by Crippen LogP contribution is -2.27. The summed E-state index contributed by atoms with van der Waals surface area (Å²) in [5, 5.41) is 0. The molecule has 0 aliphatic heterocycles. The van der Waals surface area contributed by atoms with Gasteiger partial charge in [-0.05, 0) is 45.3 Å². The molecule has 0 aliphatic rings. The summed E-state index contributed by atoms with van der Waals surface area (Å²) in [6.45, 7) is 15.1. The van der Waals surface area contributed by atoms with Crippen molar-refractivity contribution in [2.75, 3.05) is 19.6 Å². The van der Waals surface area contributed by atoms with Crippen molar-refractivity contribution >= 4 is 5.91 Å². The summed E-state index contributed by atoms with van der Waals surface area (Å²) in [5.41, 5.74) is 5.11. The Morgan fingerprint density at radius 1 is 0.500 bits per heavy atom. The molecule has 0 radical (unpaired) electrons. The monoisotopic (exact) mass is 511 g/mol. The maximum atomic E-state index is 10.6. The first-order chi connectivity index (χ1) is 17.5. The Balaban J connectivity index is 0. The third-order valence-electron chi connectivity index (χ3n) is 7.46. The number of nitrogens with two attached hydrogens (primary N) is 1. The molecule has 3 heteroatoms. The highest BCUT2D eigenvalue weighted by molar-refractivity contribution is 5.76. The number of amides is 1. The number of primary amides is 1. The number of carbonyl (C=O) groups excluding carboxylic acids is 1. The van der Waals surface area contributed by atoms with Crippen molar-refractivity contribution < 1.29 is 4.79 Å². The van der Waals surface area contributed by atoms with Crippen molar-refractivity contribution in [3.8, 4) is 0 Å². The fourth-order valence-electron chi connectivity index (χ4n) is 4.70. The minimum Gasteiger partial charge on any atom is -0.369 e. The van der Waals surface area contributed by atoms with Gasteiger partial charge in [0.1, 0.15) is 0 Å². The molecule has 3 nitrogen and oxygen atoms in total. The fourth-order valence-corrected chi connectivity index (χ4v) is 4.70. The van der Waals surface area contributed by atoms with E-state index >= 15 is 0 Å². The molecule has 0 aromatic rings. The first kappa shape index (κ1) is 37.6. The largest absolute Gasteiger partial charge is 0.369 e. The Morgan fingerprint density at radius 3 is 1.08 bits per heavy atom. The van der Waals surface area contributed by atoms with Gasteiger partial charge >= 0.3 is 0 Å². The molecule has 0 saturated carbocycles. The minimum absolute atomic E-state index is 0.0619. The summed E-state index contributed by atoms with van der Waals surface area (Å²) < 4.78 is 0. The summed E-state index contributed by atoms with van der Waals surface area (Å²) in [7, 11) is 0. The van der Waals surface area contributed by atoms with E-state index < -0.39 is 0 Å². The number of carbonyl (C=O) groups is 1. The summed E-state index contributed by atoms with van der Waals surface area (Å²) in [4.78, 5) is 13.4. The van der Waals surface area contributed by atoms with E-state index in [1.807, 2.05) is 6.92 Å². The first-order valence-electron chi connectivity index (χ1n) is 16.5. The van der Waals surface area contributed by atoms with Gasteiger partial charge in [-0.25, -0.2) is 0 Å². The highest BCUT2D eigenvalue weighted by atomic mass is 16.1. The predicted octanol–water partition coefficient (Wildman–Crippen LogP) is 10.4. The predicted molar refractivity (Wildman–Crippen MR) is 164 cm³/mol. The van der Waals surface area contributed by atoms with E-state index in [1.165, 1.54) is 154 Å². The number of unbranched alkanes of at least 4 members (excludes halogenated alkanes) is 18.